The van der Waals surface area contributed by atoms with Crippen LogP contribution in [0.15, 0.2) is 30.3 Å². The molecule has 1 aromatic rings. The van der Waals surface area contributed by atoms with E-state index in [0.29, 0.717) is 5.56 Å². The molecule has 1 N–H and O–H groups in total. The second-order valence-corrected chi connectivity index (χ2v) is 9.96. The van der Waals surface area contributed by atoms with E-state index in [1.54, 1.807) is 71.9 Å². The number of ketones is 1. The van der Waals surface area contributed by atoms with Gasteiger partial charge in [0.1, 0.15) is 17.1 Å². The summed E-state index contributed by atoms with van der Waals surface area (Å²) < 4.78 is 11.1. The van der Waals surface area contributed by atoms with Gasteiger partial charge in [-0.1, -0.05) is 30.3 Å². The van der Waals surface area contributed by atoms with Gasteiger partial charge in [-0.3, -0.25) is 14.4 Å². The second kappa shape index (κ2) is 7.90. The van der Waals surface area contributed by atoms with Gasteiger partial charge >= 0.3 is 11.9 Å². The van der Waals surface area contributed by atoms with Crippen LogP contribution in [0.1, 0.15) is 66.4 Å². The zero-order valence-corrected chi connectivity index (χ0v) is 18.3. The molecule has 0 aromatic heterocycles. The summed E-state index contributed by atoms with van der Waals surface area (Å²) in [5.74, 6) is -4.97. The second-order valence-electron chi connectivity index (χ2n) is 9.96. The van der Waals surface area contributed by atoms with Crippen LogP contribution in [0.4, 0.5) is 0 Å². The van der Waals surface area contributed by atoms with Crippen LogP contribution >= 0.6 is 0 Å². The predicted molar refractivity (Wildman–Crippen MR) is 108 cm³/mol. The van der Waals surface area contributed by atoms with Crippen LogP contribution in [0, 0.1) is 11.8 Å². The number of esters is 2. The van der Waals surface area contributed by atoms with Gasteiger partial charge in [0.2, 0.25) is 0 Å². The first-order valence-corrected chi connectivity index (χ1v) is 9.88. The van der Waals surface area contributed by atoms with Crippen molar-refractivity contribution >= 4 is 17.7 Å². The molecular weight excluding hydrogens is 372 g/mol. The van der Waals surface area contributed by atoms with Gasteiger partial charge in [0.15, 0.2) is 5.78 Å². The Morgan fingerprint density at radius 3 is 1.93 bits per heavy atom. The molecule has 160 valence electrons. The summed E-state index contributed by atoms with van der Waals surface area (Å²) in [4.78, 5) is 39.1. The van der Waals surface area contributed by atoms with Gasteiger partial charge in [-0.15, -0.1) is 0 Å². The fraction of sp³-hybridized carbons (Fsp3) is 0.609. The third kappa shape index (κ3) is 5.66. The maximum absolute atomic E-state index is 13.1. The molecule has 0 saturated heterocycles. The molecule has 4 unspecified atom stereocenters. The molecule has 1 saturated carbocycles. The average Bonchev–Trinajstić information content (AvgIpc) is 2.50. The first-order chi connectivity index (χ1) is 13.1. The summed E-state index contributed by atoms with van der Waals surface area (Å²) in [5.41, 5.74) is -2.62. The Morgan fingerprint density at radius 1 is 0.966 bits per heavy atom. The Bertz CT molecular complexity index is 767. The van der Waals surface area contributed by atoms with Crippen LogP contribution in [-0.2, 0) is 23.9 Å². The number of carbonyl (C=O) groups is 3. The van der Waals surface area contributed by atoms with Crippen LogP contribution in [0.2, 0.25) is 0 Å². The fourth-order valence-electron chi connectivity index (χ4n) is 3.82. The van der Waals surface area contributed by atoms with Crippen LogP contribution in [0.25, 0.3) is 0 Å². The molecule has 1 fully saturated rings. The fourth-order valence-corrected chi connectivity index (χ4v) is 3.82. The van der Waals surface area contributed by atoms with Crippen LogP contribution in [-0.4, -0.2) is 39.6 Å². The number of hydrogen-bond acceptors (Lipinski definition) is 6. The van der Waals surface area contributed by atoms with Crippen molar-refractivity contribution in [2.24, 2.45) is 11.8 Å². The molecule has 29 heavy (non-hydrogen) atoms. The number of rotatable bonds is 3. The number of hydrogen-bond donors (Lipinski definition) is 1. The minimum Gasteiger partial charge on any atom is -0.460 e. The molecule has 1 aromatic carbocycles. The summed E-state index contributed by atoms with van der Waals surface area (Å²) >= 11 is 0. The number of ether oxygens (including phenoxy) is 2. The quantitative estimate of drug-likeness (QED) is 0.613. The highest BCUT2D eigenvalue weighted by molar-refractivity contribution is 6.03. The van der Waals surface area contributed by atoms with Crippen molar-refractivity contribution in [1.82, 2.24) is 0 Å². The molecule has 6 nitrogen and oxygen atoms in total. The van der Waals surface area contributed by atoms with Crippen molar-refractivity contribution in [2.45, 2.75) is 77.6 Å². The Morgan fingerprint density at radius 2 is 1.45 bits per heavy atom. The molecule has 0 spiro atoms. The van der Waals surface area contributed by atoms with Gasteiger partial charge in [0.25, 0.3) is 0 Å². The van der Waals surface area contributed by atoms with E-state index in [1.165, 1.54) is 6.92 Å². The van der Waals surface area contributed by atoms with E-state index < -0.39 is 52.3 Å². The predicted octanol–water partition coefficient (Wildman–Crippen LogP) is 3.41. The Hall–Kier alpha value is -2.21. The molecule has 4 atom stereocenters. The molecule has 0 radical (unpaired) electrons. The summed E-state index contributed by atoms with van der Waals surface area (Å²) in [7, 11) is 0. The SMILES string of the molecule is CC(C)(C)OC(=O)C1C(=O)CC(C)(O)C(C(=O)OC(C)(C)C)C1c1ccccc1. The first-order valence-electron chi connectivity index (χ1n) is 9.88. The van der Waals surface area contributed by atoms with Gasteiger partial charge in [0.05, 0.1) is 11.5 Å². The summed E-state index contributed by atoms with van der Waals surface area (Å²) in [5, 5.41) is 11.1. The van der Waals surface area contributed by atoms with Crippen molar-refractivity contribution in [3.63, 3.8) is 0 Å². The maximum atomic E-state index is 13.1. The van der Waals surface area contributed by atoms with Gasteiger partial charge in [-0.05, 0) is 54.0 Å². The van der Waals surface area contributed by atoms with Crippen molar-refractivity contribution in [2.75, 3.05) is 0 Å². The topological polar surface area (TPSA) is 89.9 Å². The molecule has 0 amide bonds. The summed E-state index contributed by atoms with van der Waals surface area (Å²) in [6.45, 7) is 11.8. The van der Waals surface area contributed by atoms with Crippen LogP contribution in [0.5, 0.6) is 0 Å². The molecule has 1 aliphatic carbocycles. The monoisotopic (exact) mass is 404 g/mol. The van der Waals surface area contributed by atoms with E-state index in [2.05, 4.69) is 0 Å². The van der Waals surface area contributed by atoms with E-state index in [4.69, 9.17) is 9.47 Å². The van der Waals surface area contributed by atoms with E-state index in [1.807, 2.05) is 0 Å². The third-order valence-corrected chi connectivity index (χ3v) is 4.77. The van der Waals surface area contributed by atoms with E-state index in [9.17, 15) is 19.5 Å². The number of aliphatic hydroxyl groups is 1. The standard InChI is InChI=1S/C23H32O6/c1-21(2,3)28-19(25)17-15(24)13-23(7,27)18(20(26)29-22(4,5)6)16(17)14-11-9-8-10-12-14/h8-12,16-18,27H,13H2,1-7H3. The molecule has 6 heteroatoms. The minimum absolute atomic E-state index is 0.329. The lowest BCUT2D eigenvalue weighted by Gasteiger charge is -2.44. The largest absolute Gasteiger partial charge is 0.460 e. The van der Waals surface area contributed by atoms with E-state index in [-0.39, 0.29) is 6.42 Å². The molecule has 2 rings (SSSR count). The van der Waals surface area contributed by atoms with Crippen LogP contribution < -0.4 is 0 Å². The molecule has 0 aliphatic heterocycles. The van der Waals surface area contributed by atoms with Crippen molar-refractivity contribution in [1.29, 1.82) is 0 Å². The maximum Gasteiger partial charge on any atom is 0.317 e. The van der Waals surface area contributed by atoms with Gasteiger partial charge < -0.3 is 14.6 Å². The van der Waals surface area contributed by atoms with Gasteiger partial charge in [-0.2, -0.15) is 0 Å². The summed E-state index contributed by atoms with van der Waals surface area (Å²) in [6, 6.07) is 8.82. The number of Topliss-reactive ketones (excluding diaryl/α,β-unsaturated/α-hetero) is 1. The van der Waals surface area contributed by atoms with Gasteiger partial charge in [0, 0.05) is 12.3 Å². The molecular formula is C23H32O6. The highest BCUT2D eigenvalue weighted by Gasteiger charge is 2.57. The lowest BCUT2D eigenvalue weighted by molar-refractivity contribution is -0.182. The Balaban J connectivity index is 2.59. The third-order valence-electron chi connectivity index (χ3n) is 4.77. The zero-order valence-electron chi connectivity index (χ0n) is 18.3. The first kappa shape index (κ1) is 23.1. The van der Waals surface area contributed by atoms with Crippen molar-refractivity contribution < 1.29 is 29.0 Å². The molecule has 0 bridgehead atoms. The molecule has 0 heterocycles. The highest BCUT2D eigenvalue weighted by atomic mass is 16.6. The smallest absolute Gasteiger partial charge is 0.317 e. The minimum atomic E-state index is -1.65. The lowest BCUT2D eigenvalue weighted by Crippen LogP contribution is -2.56. The van der Waals surface area contributed by atoms with E-state index >= 15 is 0 Å². The lowest BCUT2D eigenvalue weighted by atomic mass is 9.61. The Kier molecular flexibility index (Phi) is 6.29. The average molecular weight is 405 g/mol. The van der Waals surface area contributed by atoms with E-state index in [0.717, 1.165) is 0 Å². The normalized spacial score (nSPS) is 28.0. The van der Waals surface area contributed by atoms with Gasteiger partial charge in [-0.25, -0.2) is 0 Å². The van der Waals surface area contributed by atoms with Crippen molar-refractivity contribution in [3.8, 4) is 0 Å². The van der Waals surface area contributed by atoms with Crippen LogP contribution in [0.3, 0.4) is 0 Å². The van der Waals surface area contributed by atoms with Crippen molar-refractivity contribution in [3.05, 3.63) is 35.9 Å². The Labute approximate surface area is 172 Å². The highest BCUT2D eigenvalue weighted by Crippen LogP contribution is 2.47. The number of benzene rings is 1. The zero-order chi connectivity index (χ0) is 22.2. The molecule has 1 aliphatic rings. The summed E-state index contributed by atoms with van der Waals surface area (Å²) in [6.07, 6.45) is -0.329. The number of carbonyl (C=O) groups excluding carboxylic acids is 3.